The molecule has 0 bridgehead atoms. The summed E-state index contributed by atoms with van der Waals surface area (Å²) in [5, 5.41) is 7.34. The van der Waals surface area contributed by atoms with Gasteiger partial charge in [0.15, 0.2) is 0 Å². The molecule has 0 aliphatic rings. The first kappa shape index (κ1) is 15.8. The smallest absolute Gasteiger partial charge is 0.259 e. The average Bonchev–Trinajstić information content (AvgIpc) is 2.55. The summed E-state index contributed by atoms with van der Waals surface area (Å²) in [5.74, 6) is -0.162. The molecule has 0 unspecified atom stereocenters. The fourth-order valence-corrected chi connectivity index (χ4v) is 2.09. The lowest BCUT2D eigenvalue weighted by atomic mass is 10.1. The third-order valence-electron chi connectivity index (χ3n) is 3.34. The second-order valence-electron chi connectivity index (χ2n) is 4.98. The van der Waals surface area contributed by atoms with E-state index in [0.29, 0.717) is 0 Å². The van der Waals surface area contributed by atoms with Gasteiger partial charge in [-0.1, -0.05) is 55.5 Å². The number of para-hydroxylation sites is 1. The molecular weight excluding hydrogens is 274 g/mol. The average molecular weight is 295 g/mol. The van der Waals surface area contributed by atoms with Gasteiger partial charge in [0.25, 0.3) is 5.91 Å². The Morgan fingerprint density at radius 1 is 1.05 bits per heavy atom. The second kappa shape index (κ2) is 7.98. The SMILES string of the molecule is CC/C(=N\NC(=O)CNc1ccccc1C)c1ccccc1. The van der Waals surface area contributed by atoms with Crippen LogP contribution in [0.15, 0.2) is 59.7 Å². The Bertz CT molecular complexity index is 650. The summed E-state index contributed by atoms with van der Waals surface area (Å²) < 4.78 is 0. The monoisotopic (exact) mass is 295 g/mol. The molecule has 2 aromatic carbocycles. The number of nitrogens with one attached hydrogen (secondary N) is 2. The lowest BCUT2D eigenvalue weighted by Crippen LogP contribution is -2.27. The Kier molecular flexibility index (Phi) is 5.72. The number of amides is 1. The Balaban J connectivity index is 1.91. The molecule has 0 radical (unpaired) electrons. The molecular formula is C18H21N3O. The maximum atomic E-state index is 11.9. The zero-order chi connectivity index (χ0) is 15.8. The van der Waals surface area contributed by atoms with Gasteiger partial charge in [0, 0.05) is 5.69 Å². The van der Waals surface area contributed by atoms with Crippen molar-refractivity contribution >= 4 is 17.3 Å². The normalized spacial score (nSPS) is 11.1. The van der Waals surface area contributed by atoms with Gasteiger partial charge in [0.1, 0.15) is 0 Å². The number of rotatable bonds is 6. The number of aryl methyl sites for hydroxylation is 1. The van der Waals surface area contributed by atoms with Gasteiger partial charge in [-0.25, -0.2) is 5.43 Å². The van der Waals surface area contributed by atoms with E-state index in [0.717, 1.165) is 28.9 Å². The molecule has 0 saturated carbocycles. The van der Waals surface area contributed by atoms with E-state index < -0.39 is 0 Å². The maximum absolute atomic E-state index is 11.9. The molecule has 0 fully saturated rings. The highest BCUT2D eigenvalue weighted by Gasteiger charge is 2.04. The number of nitrogens with zero attached hydrogens (tertiary/aromatic N) is 1. The third-order valence-corrected chi connectivity index (χ3v) is 3.34. The van der Waals surface area contributed by atoms with E-state index in [1.807, 2.05) is 68.4 Å². The van der Waals surface area contributed by atoms with Crippen molar-refractivity contribution < 1.29 is 4.79 Å². The number of hydrazone groups is 1. The van der Waals surface area contributed by atoms with Gasteiger partial charge in [-0.2, -0.15) is 5.10 Å². The third kappa shape index (κ3) is 4.45. The number of carbonyl (C=O) groups is 1. The fourth-order valence-electron chi connectivity index (χ4n) is 2.09. The largest absolute Gasteiger partial charge is 0.376 e. The minimum atomic E-state index is -0.162. The first-order valence-corrected chi connectivity index (χ1v) is 7.41. The van der Waals surface area contributed by atoms with Gasteiger partial charge >= 0.3 is 0 Å². The first-order valence-electron chi connectivity index (χ1n) is 7.41. The molecule has 0 heterocycles. The summed E-state index contributed by atoms with van der Waals surface area (Å²) in [7, 11) is 0. The van der Waals surface area contributed by atoms with E-state index in [9.17, 15) is 4.79 Å². The number of anilines is 1. The molecule has 2 rings (SSSR count). The number of benzene rings is 2. The summed E-state index contributed by atoms with van der Waals surface area (Å²) >= 11 is 0. The van der Waals surface area contributed by atoms with Crippen molar-refractivity contribution in [2.75, 3.05) is 11.9 Å². The molecule has 1 amide bonds. The van der Waals surface area contributed by atoms with Crippen molar-refractivity contribution in [3.05, 3.63) is 65.7 Å². The Labute approximate surface area is 131 Å². The molecule has 0 saturated heterocycles. The van der Waals surface area contributed by atoms with Crippen molar-refractivity contribution in [1.29, 1.82) is 0 Å². The van der Waals surface area contributed by atoms with Crippen LogP contribution >= 0.6 is 0 Å². The highest BCUT2D eigenvalue weighted by molar-refractivity contribution is 6.00. The van der Waals surface area contributed by atoms with Crippen LogP contribution in [0.5, 0.6) is 0 Å². The van der Waals surface area contributed by atoms with Gasteiger partial charge in [0.05, 0.1) is 12.3 Å². The standard InChI is InChI=1S/C18H21N3O/c1-3-16(15-10-5-4-6-11-15)20-21-18(22)13-19-17-12-8-7-9-14(17)2/h4-12,19H,3,13H2,1-2H3,(H,21,22)/b20-16+. The topological polar surface area (TPSA) is 53.5 Å². The molecule has 2 aromatic rings. The zero-order valence-corrected chi connectivity index (χ0v) is 13.0. The lowest BCUT2D eigenvalue weighted by molar-refractivity contribution is -0.119. The quantitative estimate of drug-likeness (QED) is 0.634. The zero-order valence-electron chi connectivity index (χ0n) is 13.0. The van der Waals surface area contributed by atoms with E-state index in [4.69, 9.17) is 0 Å². The maximum Gasteiger partial charge on any atom is 0.259 e. The van der Waals surface area contributed by atoms with Gasteiger partial charge in [-0.3, -0.25) is 4.79 Å². The summed E-state index contributed by atoms with van der Waals surface area (Å²) in [6.45, 7) is 4.21. The van der Waals surface area contributed by atoms with Crippen LogP contribution in [0, 0.1) is 6.92 Å². The first-order chi connectivity index (χ1) is 10.7. The minimum absolute atomic E-state index is 0.162. The molecule has 4 heteroatoms. The molecule has 0 aliphatic heterocycles. The Hall–Kier alpha value is -2.62. The predicted molar refractivity (Wildman–Crippen MR) is 91.1 cm³/mol. The molecule has 0 atom stereocenters. The van der Waals surface area contributed by atoms with Crippen LogP contribution in [0.4, 0.5) is 5.69 Å². The van der Waals surface area contributed by atoms with Crippen LogP contribution in [0.3, 0.4) is 0 Å². The van der Waals surface area contributed by atoms with Crippen molar-refractivity contribution in [2.24, 2.45) is 5.10 Å². The van der Waals surface area contributed by atoms with E-state index in [2.05, 4.69) is 15.8 Å². The fraction of sp³-hybridized carbons (Fsp3) is 0.222. The summed E-state index contributed by atoms with van der Waals surface area (Å²) in [5.41, 5.74) is 6.57. The van der Waals surface area contributed by atoms with E-state index in [1.165, 1.54) is 0 Å². The number of hydrogen-bond acceptors (Lipinski definition) is 3. The highest BCUT2D eigenvalue weighted by Crippen LogP contribution is 2.12. The molecule has 0 aliphatic carbocycles. The Morgan fingerprint density at radius 2 is 1.73 bits per heavy atom. The summed E-state index contributed by atoms with van der Waals surface area (Å²) in [6.07, 6.45) is 0.759. The van der Waals surface area contributed by atoms with Crippen LogP contribution in [-0.4, -0.2) is 18.2 Å². The van der Waals surface area contributed by atoms with Crippen LogP contribution < -0.4 is 10.7 Å². The summed E-state index contributed by atoms with van der Waals surface area (Å²) in [4.78, 5) is 11.9. The van der Waals surface area contributed by atoms with Crippen molar-refractivity contribution in [3.8, 4) is 0 Å². The van der Waals surface area contributed by atoms with E-state index in [-0.39, 0.29) is 12.5 Å². The van der Waals surface area contributed by atoms with Gasteiger partial charge in [0.2, 0.25) is 0 Å². The van der Waals surface area contributed by atoms with E-state index in [1.54, 1.807) is 0 Å². The van der Waals surface area contributed by atoms with Crippen LogP contribution in [0.1, 0.15) is 24.5 Å². The molecule has 0 aromatic heterocycles. The Morgan fingerprint density at radius 3 is 2.41 bits per heavy atom. The minimum Gasteiger partial charge on any atom is -0.376 e. The van der Waals surface area contributed by atoms with Gasteiger partial charge < -0.3 is 5.32 Å². The van der Waals surface area contributed by atoms with E-state index >= 15 is 0 Å². The van der Waals surface area contributed by atoms with Gasteiger partial charge in [-0.05, 0) is 30.5 Å². The predicted octanol–water partition coefficient (Wildman–Crippen LogP) is 3.34. The summed E-state index contributed by atoms with van der Waals surface area (Å²) in [6, 6.07) is 17.7. The number of hydrogen-bond donors (Lipinski definition) is 2. The molecule has 114 valence electrons. The molecule has 2 N–H and O–H groups in total. The lowest BCUT2D eigenvalue weighted by Gasteiger charge is -2.09. The van der Waals surface area contributed by atoms with Crippen LogP contribution in [0.25, 0.3) is 0 Å². The molecule has 4 nitrogen and oxygen atoms in total. The molecule has 0 spiro atoms. The van der Waals surface area contributed by atoms with Gasteiger partial charge in [-0.15, -0.1) is 0 Å². The van der Waals surface area contributed by atoms with Crippen molar-refractivity contribution in [2.45, 2.75) is 20.3 Å². The van der Waals surface area contributed by atoms with Crippen molar-refractivity contribution in [3.63, 3.8) is 0 Å². The highest BCUT2D eigenvalue weighted by atomic mass is 16.2. The van der Waals surface area contributed by atoms with Crippen LogP contribution in [0.2, 0.25) is 0 Å². The van der Waals surface area contributed by atoms with Crippen LogP contribution in [-0.2, 0) is 4.79 Å². The molecule has 22 heavy (non-hydrogen) atoms. The number of carbonyl (C=O) groups excluding carboxylic acids is 1. The van der Waals surface area contributed by atoms with Crippen molar-refractivity contribution in [1.82, 2.24) is 5.43 Å². The second-order valence-corrected chi connectivity index (χ2v) is 4.98.